The van der Waals surface area contributed by atoms with Crippen LogP contribution in [0.15, 0.2) is 34.4 Å². The maximum Gasteiger partial charge on any atom is 0.266 e. The predicted molar refractivity (Wildman–Crippen MR) is 61.6 cm³/mol. The average molecular weight is 217 g/mol. The van der Waals surface area contributed by atoms with Crippen molar-refractivity contribution in [1.82, 2.24) is 4.98 Å². The third-order valence-corrected chi connectivity index (χ3v) is 3.39. The van der Waals surface area contributed by atoms with E-state index >= 15 is 0 Å². The zero-order chi connectivity index (χ0) is 10.4. The van der Waals surface area contributed by atoms with Gasteiger partial charge in [-0.3, -0.25) is 4.79 Å². The summed E-state index contributed by atoms with van der Waals surface area (Å²) in [5.41, 5.74) is 0.609. The van der Waals surface area contributed by atoms with Gasteiger partial charge in [-0.05, 0) is 6.07 Å². The number of benzene rings is 1. The molecule has 3 nitrogen and oxygen atoms in total. The Morgan fingerprint density at radius 3 is 2.93 bits per heavy atom. The first-order valence-electron chi connectivity index (χ1n) is 4.48. The zero-order valence-electron chi connectivity index (χ0n) is 7.65. The number of hydrogen-bond acceptors (Lipinski definition) is 3. The van der Waals surface area contributed by atoms with Gasteiger partial charge in [0.05, 0.1) is 0 Å². The number of fused-ring (bicyclic) bond motifs is 3. The number of aromatic hydroxyl groups is 1. The van der Waals surface area contributed by atoms with Crippen LogP contribution in [0.1, 0.15) is 0 Å². The molecule has 2 aromatic heterocycles. The molecule has 0 fully saturated rings. The molecule has 0 saturated carbocycles. The Balaban J connectivity index is 2.74. The number of para-hydroxylation sites is 1. The van der Waals surface area contributed by atoms with Crippen LogP contribution in [-0.2, 0) is 0 Å². The van der Waals surface area contributed by atoms with E-state index in [4.69, 9.17) is 0 Å². The SMILES string of the molecule is O=c1[nH]c2ccccc2c2c(O)csc12. The normalized spacial score (nSPS) is 11.2. The molecule has 0 aliphatic rings. The maximum absolute atomic E-state index is 11.6. The molecule has 2 N–H and O–H groups in total. The van der Waals surface area contributed by atoms with E-state index in [9.17, 15) is 9.90 Å². The minimum absolute atomic E-state index is 0.144. The maximum atomic E-state index is 11.6. The molecular weight excluding hydrogens is 210 g/mol. The van der Waals surface area contributed by atoms with Crippen LogP contribution in [0.2, 0.25) is 0 Å². The second-order valence-corrected chi connectivity index (χ2v) is 4.20. The van der Waals surface area contributed by atoms with Crippen LogP contribution in [0.4, 0.5) is 0 Å². The third-order valence-electron chi connectivity index (χ3n) is 2.42. The van der Waals surface area contributed by atoms with Crippen molar-refractivity contribution in [2.24, 2.45) is 0 Å². The fraction of sp³-hybridized carbons (Fsp3) is 0. The molecule has 3 rings (SSSR count). The third kappa shape index (κ3) is 1.08. The molecule has 0 radical (unpaired) electrons. The van der Waals surface area contributed by atoms with Gasteiger partial charge in [-0.2, -0.15) is 0 Å². The Kier molecular flexibility index (Phi) is 1.61. The topological polar surface area (TPSA) is 53.1 Å². The van der Waals surface area contributed by atoms with Crippen molar-refractivity contribution in [1.29, 1.82) is 0 Å². The minimum atomic E-state index is -0.144. The van der Waals surface area contributed by atoms with Gasteiger partial charge in [0.15, 0.2) is 0 Å². The zero-order valence-corrected chi connectivity index (χ0v) is 8.47. The van der Waals surface area contributed by atoms with Crippen LogP contribution in [0, 0.1) is 0 Å². The van der Waals surface area contributed by atoms with Gasteiger partial charge in [0.1, 0.15) is 10.4 Å². The number of rotatable bonds is 0. The molecule has 3 aromatic rings. The Hall–Kier alpha value is -1.81. The summed E-state index contributed by atoms with van der Waals surface area (Å²) in [4.78, 5) is 14.4. The fourth-order valence-corrected chi connectivity index (χ4v) is 2.60. The molecule has 74 valence electrons. The summed E-state index contributed by atoms with van der Waals surface area (Å²) < 4.78 is 0.575. The molecule has 0 amide bonds. The molecule has 0 aliphatic carbocycles. The quantitative estimate of drug-likeness (QED) is 0.607. The number of H-pyrrole nitrogens is 1. The van der Waals surface area contributed by atoms with Gasteiger partial charge in [-0.1, -0.05) is 18.2 Å². The van der Waals surface area contributed by atoms with Gasteiger partial charge in [0.2, 0.25) is 0 Å². The summed E-state index contributed by atoms with van der Waals surface area (Å²) in [6.07, 6.45) is 0. The van der Waals surface area contributed by atoms with E-state index in [-0.39, 0.29) is 11.3 Å². The standard InChI is InChI=1S/C11H7NO2S/c13-8-5-15-10-9(8)6-3-1-2-4-7(6)12-11(10)14/h1-5,13H,(H,12,14). The van der Waals surface area contributed by atoms with Gasteiger partial charge >= 0.3 is 0 Å². The first-order valence-corrected chi connectivity index (χ1v) is 5.36. The van der Waals surface area contributed by atoms with E-state index < -0.39 is 0 Å². The highest BCUT2D eigenvalue weighted by molar-refractivity contribution is 7.17. The first-order chi connectivity index (χ1) is 7.27. The molecule has 4 heteroatoms. The molecule has 0 bridgehead atoms. The lowest BCUT2D eigenvalue weighted by Gasteiger charge is -1.99. The smallest absolute Gasteiger partial charge is 0.266 e. The highest BCUT2D eigenvalue weighted by atomic mass is 32.1. The highest BCUT2D eigenvalue weighted by Gasteiger charge is 2.10. The van der Waals surface area contributed by atoms with Crippen LogP contribution in [0.5, 0.6) is 5.75 Å². The van der Waals surface area contributed by atoms with E-state index in [1.54, 1.807) is 5.38 Å². The van der Waals surface area contributed by atoms with E-state index in [1.807, 2.05) is 24.3 Å². The van der Waals surface area contributed by atoms with E-state index in [0.29, 0.717) is 10.1 Å². The molecule has 1 aromatic carbocycles. The predicted octanol–water partition coefficient (Wildman–Crippen LogP) is 2.45. The van der Waals surface area contributed by atoms with Crippen molar-refractivity contribution in [3.05, 3.63) is 40.0 Å². The van der Waals surface area contributed by atoms with Crippen molar-refractivity contribution < 1.29 is 5.11 Å². The molecule has 0 aliphatic heterocycles. The minimum Gasteiger partial charge on any atom is -0.506 e. The van der Waals surface area contributed by atoms with Crippen molar-refractivity contribution in [2.75, 3.05) is 0 Å². The molecule has 0 saturated heterocycles. The number of thiophene rings is 1. The lowest BCUT2D eigenvalue weighted by atomic mass is 10.1. The number of pyridine rings is 1. The Labute approximate surface area is 88.6 Å². The van der Waals surface area contributed by atoms with E-state index in [1.165, 1.54) is 11.3 Å². The van der Waals surface area contributed by atoms with Crippen LogP contribution >= 0.6 is 11.3 Å². The molecule has 0 atom stereocenters. The van der Waals surface area contributed by atoms with Crippen molar-refractivity contribution in [3.63, 3.8) is 0 Å². The molecule has 0 unspecified atom stereocenters. The summed E-state index contributed by atoms with van der Waals surface area (Å²) in [6, 6.07) is 7.46. The summed E-state index contributed by atoms with van der Waals surface area (Å²) in [6.45, 7) is 0. The summed E-state index contributed by atoms with van der Waals surface area (Å²) in [7, 11) is 0. The number of nitrogens with one attached hydrogen (secondary N) is 1. The molecule has 15 heavy (non-hydrogen) atoms. The largest absolute Gasteiger partial charge is 0.506 e. The fourth-order valence-electron chi connectivity index (χ4n) is 1.77. The Morgan fingerprint density at radius 2 is 2.07 bits per heavy atom. The number of aromatic amines is 1. The summed E-state index contributed by atoms with van der Waals surface area (Å²) in [5, 5.41) is 12.8. The van der Waals surface area contributed by atoms with Crippen molar-refractivity contribution >= 4 is 32.3 Å². The second-order valence-electron chi connectivity index (χ2n) is 3.32. The van der Waals surface area contributed by atoms with E-state index in [2.05, 4.69) is 4.98 Å². The van der Waals surface area contributed by atoms with Gasteiger partial charge in [-0.25, -0.2) is 0 Å². The highest BCUT2D eigenvalue weighted by Crippen LogP contribution is 2.33. The van der Waals surface area contributed by atoms with Gasteiger partial charge < -0.3 is 10.1 Å². The number of hydrogen-bond donors (Lipinski definition) is 2. The second kappa shape index (κ2) is 2.84. The molecule has 0 spiro atoms. The van der Waals surface area contributed by atoms with Crippen LogP contribution in [0.25, 0.3) is 21.0 Å². The molecule has 2 heterocycles. The van der Waals surface area contributed by atoms with Gasteiger partial charge in [0, 0.05) is 21.7 Å². The average Bonchev–Trinajstić information content (AvgIpc) is 2.62. The van der Waals surface area contributed by atoms with Crippen molar-refractivity contribution in [2.45, 2.75) is 0 Å². The molecular formula is C11H7NO2S. The summed E-state index contributed by atoms with van der Waals surface area (Å²) in [5.74, 6) is 0.178. The monoisotopic (exact) mass is 217 g/mol. The summed E-state index contributed by atoms with van der Waals surface area (Å²) >= 11 is 1.26. The first kappa shape index (κ1) is 8.49. The van der Waals surface area contributed by atoms with Gasteiger partial charge in [-0.15, -0.1) is 11.3 Å². The Morgan fingerprint density at radius 1 is 1.27 bits per heavy atom. The van der Waals surface area contributed by atoms with E-state index in [0.717, 1.165) is 10.9 Å². The van der Waals surface area contributed by atoms with Gasteiger partial charge in [0.25, 0.3) is 5.56 Å². The van der Waals surface area contributed by atoms with Crippen LogP contribution < -0.4 is 5.56 Å². The van der Waals surface area contributed by atoms with Crippen LogP contribution in [0.3, 0.4) is 0 Å². The lowest BCUT2D eigenvalue weighted by molar-refractivity contribution is 0.484. The Bertz CT molecular complexity index is 711. The van der Waals surface area contributed by atoms with Crippen molar-refractivity contribution in [3.8, 4) is 5.75 Å². The van der Waals surface area contributed by atoms with Crippen LogP contribution in [-0.4, -0.2) is 10.1 Å². The number of aromatic nitrogens is 1. The lowest BCUT2D eigenvalue weighted by Crippen LogP contribution is -2.03.